The Morgan fingerprint density at radius 3 is 2.50 bits per heavy atom. The lowest BCUT2D eigenvalue weighted by atomic mass is 10.0. The van der Waals surface area contributed by atoms with Gasteiger partial charge in [0.25, 0.3) is 0 Å². The SMILES string of the molecule is CCCNC(Cc1ccc(Cl)s1)c1ccc(Cl)c(Cl)c1. The monoisotopic (exact) mass is 347 g/mol. The maximum atomic E-state index is 6.12. The Kier molecular flexibility index (Phi) is 6.19. The molecule has 0 bridgehead atoms. The lowest BCUT2D eigenvalue weighted by molar-refractivity contribution is 0.532. The minimum absolute atomic E-state index is 0.222. The Morgan fingerprint density at radius 2 is 1.90 bits per heavy atom. The summed E-state index contributed by atoms with van der Waals surface area (Å²) >= 11 is 19.7. The second-order valence-electron chi connectivity index (χ2n) is 4.59. The molecule has 1 heterocycles. The fourth-order valence-electron chi connectivity index (χ4n) is 2.02. The number of hydrogen-bond donors (Lipinski definition) is 1. The molecule has 0 saturated heterocycles. The van der Waals surface area contributed by atoms with Crippen molar-refractivity contribution >= 4 is 46.1 Å². The second kappa shape index (κ2) is 7.67. The summed E-state index contributed by atoms with van der Waals surface area (Å²) in [7, 11) is 0. The van der Waals surface area contributed by atoms with E-state index in [9.17, 15) is 0 Å². The lowest BCUT2D eigenvalue weighted by Gasteiger charge is -2.19. The van der Waals surface area contributed by atoms with Crippen LogP contribution in [0, 0.1) is 0 Å². The van der Waals surface area contributed by atoms with Crippen LogP contribution in [0.15, 0.2) is 30.3 Å². The van der Waals surface area contributed by atoms with Crippen molar-refractivity contribution in [3.05, 3.63) is 55.2 Å². The van der Waals surface area contributed by atoms with Crippen molar-refractivity contribution in [1.82, 2.24) is 5.32 Å². The van der Waals surface area contributed by atoms with Crippen molar-refractivity contribution in [2.45, 2.75) is 25.8 Å². The van der Waals surface area contributed by atoms with E-state index in [-0.39, 0.29) is 6.04 Å². The molecular formula is C15H16Cl3NS. The molecule has 2 aromatic rings. The van der Waals surface area contributed by atoms with Gasteiger partial charge in [-0.1, -0.05) is 47.8 Å². The van der Waals surface area contributed by atoms with E-state index in [4.69, 9.17) is 34.8 Å². The van der Waals surface area contributed by atoms with Gasteiger partial charge in [0, 0.05) is 17.3 Å². The molecule has 0 aliphatic rings. The maximum absolute atomic E-state index is 6.12. The van der Waals surface area contributed by atoms with E-state index in [1.54, 1.807) is 11.3 Å². The summed E-state index contributed by atoms with van der Waals surface area (Å²) < 4.78 is 0.823. The topological polar surface area (TPSA) is 12.0 Å². The number of nitrogens with one attached hydrogen (secondary N) is 1. The van der Waals surface area contributed by atoms with E-state index in [1.165, 1.54) is 4.88 Å². The standard InChI is InChI=1S/C15H16Cl3NS/c1-2-7-19-14(9-11-4-6-15(18)20-11)10-3-5-12(16)13(17)8-10/h3-6,8,14,19H,2,7,9H2,1H3. The second-order valence-corrected chi connectivity index (χ2v) is 7.20. The molecule has 20 heavy (non-hydrogen) atoms. The minimum atomic E-state index is 0.222. The molecule has 0 aliphatic heterocycles. The molecule has 1 aromatic carbocycles. The van der Waals surface area contributed by atoms with Crippen LogP contribution >= 0.6 is 46.1 Å². The predicted molar refractivity (Wildman–Crippen MR) is 90.5 cm³/mol. The van der Waals surface area contributed by atoms with Gasteiger partial charge in [-0.05, 0) is 42.8 Å². The van der Waals surface area contributed by atoms with Gasteiger partial charge in [-0.15, -0.1) is 11.3 Å². The predicted octanol–water partition coefficient (Wildman–Crippen LogP) is 5.99. The fourth-order valence-corrected chi connectivity index (χ4v) is 3.46. The average Bonchev–Trinajstić information content (AvgIpc) is 2.83. The van der Waals surface area contributed by atoms with E-state index < -0.39 is 0 Å². The van der Waals surface area contributed by atoms with Crippen LogP contribution < -0.4 is 5.32 Å². The first-order valence-corrected chi connectivity index (χ1v) is 8.47. The van der Waals surface area contributed by atoms with Crippen LogP contribution in [0.5, 0.6) is 0 Å². The molecule has 0 aliphatic carbocycles. The van der Waals surface area contributed by atoms with Crippen LogP contribution in [-0.4, -0.2) is 6.54 Å². The molecule has 0 amide bonds. The Balaban J connectivity index is 2.19. The highest BCUT2D eigenvalue weighted by Crippen LogP contribution is 2.30. The summed E-state index contributed by atoms with van der Waals surface area (Å²) in [6.45, 7) is 3.12. The van der Waals surface area contributed by atoms with Gasteiger partial charge >= 0.3 is 0 Å². The zero-order valence-electron chi connectivity index (χ0n) is 11.1. The summed E-state index contributed by atoms with van der Waals surface area (Å²) in [6, 6.07) is 10.0. The first-order valence-electron chi connectivity index (χ1n) is 6.52. The molecule has 1 N–H and O–H groups in total. The van der Waals surface area contributed by atoms with Gasteiger partial charge in [-0.2, -0.15) is 0 Å². The highest BCUT2D eigenvalue weighted by Gasteiger charge is 2.14. The number of hydrogen-bond acceptors (Lipinski definition) is 2. The smallest absolute Gasteiger partial charge is 0.0931 e. The summed E-state index contributed by atoms with van der Waals surface area (Å²) in [5, 5.41) is 4.73. The highest BCUT2D eigenvalue weighted by molar-refractivity contribution is 7.16. The van der Waals surface area contributed by atoms with Gasteiger partial charge in [-0.3, -0.25) is 0 Å². The largest absolute Gasteiger partial charge is 0.310 e. The van der Waals surface area contributed by atoms with Gasteiger partial charge in [0.15, 0.2) is 0 Å². The minimum Gasteiger partial charge on any atom is -0.310 e. The lowest BCUT2D eigenvalue weighted by Crippen LogP contribution is -2.23. The molecule has 0 radical (unpaired) electrons. The van der Waals surface area contributed by atoms with Crippen molar-refractivity contribution < 1.29 is 0 Å². The van der Waals surface area contributed by atoms with Crippen molar-refractivity contribution in [2.24, 2.45) is 0 Å². The van der Waals surface area contributed by atoms with Crippen LogP contribution in [0.25, 0.3) is 0 Å². The molecule has 1 aromatic heterocycles. The van der Waals surface area contributed by atoms with Gasteiger partial charge in [-0.25, -0.2) is 0 Å². The molecule has 0 saturated carbocycles. The Bertz CT molecular complexity index is 568. The third-order valence-corrected chi connectivity index (χ3v) is 5.01. The number of rotatable bonds is 6. The summed E-state index contributed by atoms with van der Waals surface area (Å²) in [5.74, 6) is 0. The molecule has 1 unspecified atom stereocenters. The van der Waals surface area contributed by atoms with Gasteiger partial charge < -0.3 is 5.32 Å². The molecule has 1 nitrogen and oxygen atoms in total. The Hall–Kier alpha value is -0.250. The van der Waals surface area contributed by atoms with E-state index in [0.717, 1.165) is 29.3 Å². The zero-order chi connectivity index (χ0) is 14.5. The quantitative estimate of drug-likeness (QED) is 0.676. The fraction of sp³-hybridized carbons (Fsp3) is 0.333. The summed E-state index contributed by atoms with van der Waals surface area (Å²) in [5.41, 5.74) is 1.15. The van der Waals surface area contributed by atoms with Crippen molar-refractivity contribution in [2.75, 3.05) is 6.54 Å². The maximum Gasteiger partial charge on any atom is 0.0931 e. The van der Waals surface area contributed by atoms with Crippen LogP contribution in [0.1, 0.15) is 29.8 Å². The van der Waals surface area contributed by atoms with Gasteiger partial charge in [0.05, 0.1) is 14.4 Å². The average molecular weight is 349 g/mol. The summed E-state index contributed by atoms with van der Waals surface area (Å²) in [6.07, 6.45) is 1.98. The zero-order valence-corrected chi connectivity index (χ0v) is 14.2. The van der Waals surface area contributed by atoms with E-state index in [1.807, 2.05) is 24.3 Å². The van der Waals surface area contributed by atoms with Crippen molar-refractivity contribution in [3.63, 3.8) is 0 Å². The molecule has 1 atom stereocenters. The summed E-state index contributed by atoms with van der Waals surface area (Å²) in [4.78, 5) is 1.26. The Morgan fingerprint density at radius 1 is 1.10 bits per heavy atom. The van der Waals surface area contributed by atoms with Crippen LogP contribution in [0.2, 0.25) is 14.4 Å². The van der Waals surface area contributed by atoms with Gasteiger partial charge in [0.1, 0.15) is 0 Å². The Labute approximate surface area is 138 Å². The third-order valence-electron chi connectivity index (χ3n) is 3.02. The number of benzene rings is 1. The first kappa shape index (κ1) is 16.1. The molecule has 0 fully saturated rings. The number of thiophene rings is 1. The van der Waals surface area contributed by atoms with Crippen LogP contribution in [0.4, 0.5) is 0 Å². The van der Waals surface area contributed by atoms with Crippen LogP contribution in [-0.2, 0) is 6.42 Å². The molecule has 108 valence electrons. The van der Waals surface area contributed by atoms with Crippen molar-refractivity contribution in [1.29, 1.82) is 0 Å². The van der Waals surface area contributed by atoms with Crippen molar-refractivity contribution in [3.8, 4) is 0 Å². The molecular weight excluding hydrogens is 333 g/mol. The third kappa shape index (κ3) is 4.37. The van der Waals surface area contributed by atoms with E-state index >= 15 is 0 Å². The molecule has 5 heteroatoms. The van der Waals surface area contributed by atoms with E-state index in [2.05, 4.69) is 18.3 Å². The molecule has 2 rings (SSSR count). The normalized spacial score (nSPS) is 12.6. The molecule has 0 spiro atoms. The van der Waals surface area contributed by atoms with Gasteiger partial charge in [0.2, 0.25) is 0 Å². The first-order chi connectivity index (χ1) is 9.60. The highest BCUT2D eigenvalue weighted by atomic mass is 35.5. The number of halogens is 3. The van der Waals surface area contributed by atoms with E-state index in [0.29, 0.717) is 10.0 Å². The van der Waals surface area contributed by atoms with Crippen LogP contribution in [0.3, 0.4) is 0 Å².